The molecule has 1 aliphatic heterocycles. The van der Waals surface area contributed by atoms with Crippen molar-refractivity contribution in [3.63, 3.8) is 0 Å². The minimum absolute atomic E-state index is 0.0435. The van der Waals surface area contributed by atoms with Gasteiger partial charge in [0.2, 0.25) is 0 Å². The number of phenolic OH excluding ortho intramolecular Hbond substituents is 1. The molecule has 1 fully saturated rings. The van der Waals surface area contributed by atoms with E-state index in [-0.39, 0.29) is 29.2 Å². The molecule has 0 aliphatic carbocycles. The lowest BCUT2D eigenvalue weighted by Crippen LogP contribution is -2.35. The van der Waals surface area contributed by atoms with E-state index in [4.69, 9.17) is 11.6 Å². The first kappa shape index (κ1) is 21.6. The quantitative estimate of drug-likeness (QED) is 0.504. The number of piperidine rings is 1. The lowest BCUT2D eigenvalue weighted by Gasteiger charge is -2.27. The van der Waals surface area contributed by atoms with Crippen molar-refractivity contribution in [1.29, 1.82) is 0 Å². The van der Waals surface area contributed by atoms with Crippen LogP contribution in [0.3, 0.4) is 0 Å². The summed E-state index contributed by atoms with van der Waals surface area (Å²) in [7, 11) is 0. The van der Waals surface area contributed by atoms with Gasteiger partial charge in [-0.3, -0.25) is 4.79 Å². The molecule has 1 aliphatic rings. The maximum absolute atomic E-state index is 13.8. The average Bonchev–Trinajstić information content (AvgIpc) is 3.14. The normalized spacial score (nSPS) is 14.9. The summed E-state index contributed by atoms with van der Waals surface area (Å²) in [6, 6.07) is 7.91. The van der Waals surface area contributed by atoms with Crippen LogP contribution in [0.2, 0.25) is 5.02 Å². The highest BCUT2D eigenvalue weighted by atomic mass is 35.5. The number of nitrogens with one attached hydrogen (secondary N) is 1. The lowest BCUT2D eigenvalue weighted by molar-refractivity contribution is 0.0175. The first-order chi connectivity index (χ1) is 14.6. The molecule has 3 aromatic rings. The summed E-state index contributed by atoms with van der Waals surface area (Å²) >= 11 is 6.36. The predicted molar refractivity (Wildman–Crippen MR) is 118 cm³/mol. The number of aromatic amines is 1. The molecule has 2 aromatic carbocycles. The SMILES string of the molecule is Cc1cc(C(C)(F)F)cc2cc(Cc3c(Cl)ccc(C(=O)N4CCCCC4)c3O)[nH]c12. The molecule has 7 heteroatoms. The van der Waals surface area contributed by atoms with Crippen molar-refractivity contribution in [3.05, 3.63) is 63.3 Å². The largest absolute Gasteiger partial charge is 0.507 e. The van der Waals surface area contributed by atoms with Crippen LogP contribution in [0.5, 0.6) is 5.75 Å². The third kappa shape index (κ3) is 4.26. The van der Waals surface area contributed by atoms with Gasteiger partial charge >= 0.3 is 0 Å². The molecule has 4 nitrogen and oxygen atoms in total. The zero-order valence-corrected chi connectivity index (χ0v) is 18.3. The summed E-state index contributed by atoms with van der Waals surface area (Å²) in [5.41, 5.74) is 2.83. The number of aromatic hydroxyl groups is 1. The molecule has 1 aromatic heterocycles. The summed E-state index contributed by atoms with van der Waals surface area (Å²) in [4.78, 5) is 17.9. The number of carbonyl (C=O) groups excluding carboxylic acids is 1. The summed E-state index contributed by atoms with van der Waals surface area (Å²) in [6.45, 7) is 4.02. The Kier molecular flexibility index (Phi) is 5.69. The Labute approximate surface area is 184 Å². The number of likely N-dealkylation sites (tertiary alicyclic amines) is 1. The van der Waals surface area contributed by atoms with Gasteiger partial charge in [-0.2, -0.15) is 0 Å². The van der Waals surface area contributed by atoms with Gasteiger partial charge in [-0.05, 0) is 62.1 Å². The number of aromatic nitrogens is 1. The van der Waals surface area contributed by atoms with E-state index < -0.39 is 5.92 Å². The molecule has 0 atom stereocenters. The smallest absolute Gasteiger partial charge is 0.270 e. The summed E-state index contributed by atoms with van der Waals surface area (Å²) in [6.07, 6.45) is 3.27. The second-order valence-electron chi connectivity index (χ2n) is 8.39. The van der Waals surface area contributed by atoms with Crippen LogP contribution in [0, 0.1) is 6.92 Å². The van der Waals surface area contributed by atoms with E-state index in [0.29, 0.717) is 34.6 Å². The molecular formula is C24H25ClF2N2O2. The van der Waals surface area contributed by atoms with Crippen LogP contribution >= 0.6 is 11.6 Å². The fourth-order valence-corrected chi connectivity index (χ4v) is 4.46. The number of hydrogen-bond donors (Lipinski definition) is 2. The van der Waals surface area contributed by atoms with E-state index >= 15 is 0 Å². The molecule has 4 rings (SSSR count). The second-order valence-corrected chi connectivity index (χ2v) is 8.80. The van der Waals surface area contributed by atoms with E-state index in [2.05, 4.69) is 4.98 Å². The van der Waals surface area contributed by atoms with Crippen LogP contribution in [0.25, 0.3) is 10.9 Å². The van der Waals surface area contributed by atoms with Crippen molar-refractivity contribution in [2.24, 2.45) is 0 Å². The van der Waals surface area contributed by atoms with Crippen molar-refractivity contribution in [3.8, 4) is 5.75 Å². The topological polar surface area (TPSA) is 56.3 Å². The molecule has 31 heavy (non-hydrogen) atoms. The Morgan fingerprint density at radius 2 is 1.90 bits per heavy atom. The number of phenols is 1. The summed E-state index contributed by atoms with van der Waals surface area (Å²) in [5.74, 6) is -3.25. The third-order valence-corrected chi connectivity index (χ3v) is 6.31. The van der Waals surface area contributed by atoms with Crippen molar-refractivity contribution in [2.75, 3.05) is 13.1 Å². The molecule has 0 saturated carbocycles. The van der Waals surface area contributed by atoms with E-state index in [0.717, 1.165) is 37.4 Å². The van der Waals surface area contributed by atoms with Crippen LogP contribution in [-0.4, -0.2) is 34.0 Å². The van der Waals surface area contributed by atoms with Gasteiger partial charge < -0.3 is 15.0 Å². The van der Waals surface area contributed by atoms with Gasteiger partial charge in [0.25, 0.3) is 11.8 Å². The highest BCUT2D eigenvalue weighted by Crippen LogP contribution is 2.35. The minimum Gasteiger partial charge on any atom is -0.507 e. The highest BCUT2D eigenvalue weighted by molar-refractivity contribution is 6.31. The monoisotopic (exact) mass is 446 g/mol. The maximum Gasteiger partial charge on any atom is 0.270 e. The van der Waals surface area contributed by atoms with Crippen molar-refractivity contribution in [1.82, 2.24) is 9.88 Å². The number of carbonyl (C=O) groups is 1. The number of amides is 1. The fourth-order valence-electron chi connectivity index (χ4n) is 4.24. The summed E-state index contributed by atoms with van der Waals surface area (Å²) < 4.78 is 27.6. The zero-order valence-electron chi connectivity index (χ0n) is 17.6. The Morgan fingerprint density at radius 3 is 2.58 bits per heavy atom. The molecule has 0 unspecified atom stereocenters. The Morgan fingerprint density at radius 1 is 1.19 bits per heavy atom. The molecule has 0 radical (unpaired) electrons. The molecule has 0 bridgehead atoms. The molecule has 1 saturated heterocycles. The van der Waals surface area contributed by atoms with Gasteiger partial charge in [-0.25, -0.2) is 8.78 Å². The average molecular weight is 447 g/mol. The van der Waals surface area contributed by atoms with Crippen LogP contribution < -0.4 is 0 Å². The van der Waals surface area contributed by atoms with Crippen molar-refractivity contribution < 1.29 is 18.7 Å². The zero-order chi connectivity index (χ0) is 22.3. The van der Waals surface area contributed by atoms with Crippen LogP contribution in [0.15, 0.2) is 30.3 Å². The number of halogens is 3. The van der Waals surface area contributed by atoms with E-state index in [1.807, 2.05) is 0 Å². The molecule has 2 N–H and O–H groups in total. The third-order valence-electron chi connectivity index (χ3n) is 5.95. The Balaban J connectivity index is 1.68. The molecule has 2 heterocycles. The van der Waals surface area contributed by atoms with E-state index in [9.17, 15) is 18.7 Å². The molecule has 164 valence electrons. The number of nitrogens with zero attached hydrogens (tertiary/aromatic N) is 1. The van der Waals surface area contributed by atoms with Crippen LogP contribution in [0.1, 0.15) is 58.9 Å². The van der Waals surface area contributed by atoms with Crippen LogP contribution in [0.4, 0.5) is 8.78 Å². The highest BCUT2D eigenvalue weighted by Gasteiger charge is 2.26. The standard InChI is InChI=1S/C24H25ClF2N2O2/c1-14-10-16(24(2,26)27)11-15-12-17(28-21(14)15)13-19-20(25)7-6-18(22(19)30)23(31)29-8-4-3-5-9-29/h6-7,10-12,28,30H,3-5,8-9,13H2,1-2H3. The molecular weight excluding hydrogens is 422 g/mol. The van der Waals surface area contributed by atoms with Crippen molar-refractivity contribution >= 4 is 28.4 Å². The number of alkyl halides is 2. The number of H-pyrrole nitrogens is 1. The Hall–Kier alpha value is -2.60. The van der Waals surface area contributed by atoms with Gasteiger partial charge in [0.1, 0.15) is 5.75 Å². The van der Waals surface area contributed by atoms with Gasteiger partial charge in [0, 0.05) is 59.2 Å². The van der Waals surface area contributed by atoms with Gasteiger partial charge in [0.05, 0.1) is 5.56 Å². The molecule has 1 amide bonds. The van der Waals surface area contributed by atoms with E-state index in [1.54, 1.807) is 30.0 Å². The minimum atomic E-state index is -2.93. The second kappa shape index (κ2) is 8.15. The fraction of sp³-hybridized carbons (Fsp3) is 0.375. The van der Waals surface area contributed by atoms with Gasteiger partial charge in [0.15, 0.2) is 0 Å². The van der Waals surface area contributed by atoms with Crippen LogP contribution in [-0.2, 0) is 12.3 Å². The number of aryl methyl sites for hydroxylation is 1. The number of benzene rings is 2. The maximum atomic E-state index is 13.8. The molecule has 0 spiro atoms. The first-order valence-corrected chi connectivity index (χ1v) is 10.8. The summed E-state index contributed by atoms with van der Waals surface area (Å²) in [5, 5.41) is 11.9. The number of rotatable bonds is 4. The lowest BCUT2D eigenvalue weighted by atomic mass is 10.0. The predicted octanol–water partition coefficient (Wildman–Crippen LogP) is 6.16. The number of fused-ring (bicyclic) bond motifs is 1. The Bertz CT molecular complexity index is 1140. The van der Waals surface area contributed by atoms with Crippen molar-refractivity contribution in [2.45, 2.75) is 45.5 Å². The number of hydrogen-bond acceptors (Lipinski definition) is 2. The first-order valence-electron chi connectivity index (χ1n) is 10.5. The van der Waals surface area contributed by atoms with Gasteiger partial charge in [-0.15, -0.1) is 0 Å². The van der Waals surface area contributed by atoms with Gasteiger partial charge in [-0.1, -0.05) is 11.6 Å². The van der Waals surface area contributed by atoms with E-state index in [1.165, 1.54) is 12.1 Å².